The molecule has 0 bridgehead atoms. The molecule has 0 radical (unpaired) electrons. The van der Waals surface area contributed by atoms with Gasteiger partial charge in [0, 0.05) is 12.1 Å². The maximum atomic E-state index is 10.8. The Bertz CT molecular complexity index is 620. The molecule has 0 spiro atoms. The summed E-state index contributed by atoms with van der Waals surface area (Å²) >= 11 is 0. The molecule has 0 fully saturated rings. The number of nitrogens with zero attached hydrogens (tertiary/aromatic N) is 2. The van der Waals surface area contributed by atoms with Crippen LogP contribution in [0.3, 0.4) is 0 Å². The van der Waals surface area contributed by atoms with E-state index in [9.17, 15) is 14.9 Å². The van der Waals surface area contributed by atoms with E-state index in [4.69, 9.17) is 15.4 Å². The number of hydrogen-bond acceptors (Lipinski definition) is 6. The molecular formula is C8H6N4O5. The minimum absolute atomic E-state index is 0.00461. The number of nitrogen functional groups attached to an aromatic ring is 1. The van der Waals surface area contributed by atoms with Crippen molar-refractivity contribution in [2.24, 2.45) is 0 Å². The van der Waals surface area contributed by atoms with Crippen LogP contribution in [0.15, 0.2) is 16.7 Å². The Morgan fingerprint density at radius 2 is 2.29 bits per heavy atom. The number of nitro benzene ring substituents is 1. The number of rotatable bonds is 2. The molecule has 0 saturated carbocycles. The molecule has 0 saturated heterocycles. The van der Waals surface area contributed by atoms with Crippen LogP contribution in [0.5, 0.6) is 0 Å². The van der Waals surface area contributed by atoms with Crippen LogP contribution in [-0.2, 0) is 0 Å². The summed E-state index contributed by atoms with van der Waals surface area (Å²) in [7, 11) is 0. The largest absolute Gasteiger partial charge is 0.465 e. The van der Waals surface area contributed by atoms with Crippen LogP contribution in [0.1, 0.15) is 0 Å². The first-order chi connectivity index (χ1) is 7.99. The first-order valence-corrected chi connectivity index (χ1v) is 4.32. The summed E-state index contributed by atoms with van der Waals surface area (Å²) in [4.78, 5) is 20.5. The molecule has 2 aromatic rings. The summed E-state index contributed by atoms with van der Waals surface area (Å²) in [6.45, 7) is 0. The van der Waals surface area contributed by atoms with Gasteiger partial charge >= 0.3 is 6.09 Å². The highest BCUT2D eigenvalue weighted by molar-refractivity contribution is 5.96. The SMILES string of the molecule is Nc1noc2cc(NC(=O)O)c([N+](=O)[O-])cc12. The van der Waals surface area contributed by atoms with Crippen molar-refractivity contribution in [1.82, 2.24) is 5.16 Å². The van der Waals surface area contributed by atoms with Gasteiger partial charge in [-0.15, -0.1) is 0 Å². The molecule has 9 nitrogen and oxygen atoms in total. The maximum absolute atomic E-state index is 10.8. The van der Waals surface area contributed by atoms with Crippen molar-refractivity contribution in [3.05, 3.63) is 22.2 Å². The third-order valence-electron chi connectivity index (χ3n) is 2.05. The Hall–Kier alpha value is -2.84. The number of amides is 1. The van der Waals surface area contributed by atoms with Crippen LogP contribution in [0.2, 0.25) is 0 Å². The van der Waals surface area contributed by atoms with Crippen molar-refractivity contribution >= 4 is 34.3 Å². The Kier molecular flexibility index (Phi) is 2.28. The second kappa shape index (κ2) is 3.63. The smallest absolute Gasteiger partial charge is 0.409 e. The molecule has 0 aliphatic rings. The van der Waals surface area contributed by atoms with Gasteiger partial charge in [0.15, 0.2) is 11.4 Å². The number of carbonyl (C=O) groups is 1. The lowest BCUT2D eigenvalue weighted by atomic mass is 10.2. The molecule has 9 heteroatoms. The fourth-order valence-electron chi connectivity index (χ4n) is 1.36. The predicted octanol–water partition coefficient (Wildman–Crippen LogP) is 1.41. The van der Waals surface area contributed by atoms with Gasteiger partial charge in [-0.05, 0) is 0 Å². The van der Waals surface area contributed by atoms with E-state index >= 15 is 0 Å². The van der Waals surface area contributed by atoms with E-state index < -0.39 is 16.7 Å². The minimum atomic E-state index is -1.42. The fraction of sp³-hybridized carbons (Fsp3) is 0. The summed E-state index contributed by atoms with van der Waals surface area (Å²) in [5, 5.41) is 24.9. The zero-order valence-electron chi connectivity index (χ0n) is 8.21. The number of nitrogens with one attached hydrogen (secondary N) is 1. The molecule has 1 heterocycles. The van der Waals surface area contributed by atoms with Crippen molar-refractivity contribution in [2.45, 2.75) is 0 Å². The molecule has 4 N–H and O–H groups in total. The Balaban J connectivity index is 2.67. The molecule has 1 amide bonds. The highest BCUT2D eigenvalue weighted by atomic mass is 16.6. The van der Waals surface area contributed by atoms with Crippen LogP contribution in [-0.4, -0.2) is 21.3 Å². The number of nitrogens with two attached hydrogens (primary N) is 1. The first-order valence-electron chi connectivity index (χ1n) is 4.32. The number of aromatic nitrogens is 1. The summed E-state index contributed by atoms with van der Waals surface area (Å²) in [5.41, 5.74) is 4.97. The molecule has 2 rings (SSSR count). The summed E-state index contributed by atoms with van der Waals surface area (Å²) in [6.07, 6.45) is -1.42. The van der Waals surface area contributed by atoms with Crippen LogP contribution < -0.4 is 11.1 Å². The number of carboxylic acid groups (broad SMARTS) is 1. The maximum Gasteiger partial charge on any atom is 0.409 e. The van der Waals surface area contributed by atoms with Crippen molar-refractivity contribution in [3.8, 4) is 0 Å². The van der Waals surface area contributed by atoms with E-state index in [0.29, 0.717) is 0 Å². The zero-order chi connectivity index (χ0) is 12.6. The van der Waals surface area contributed by atoms with Gasteiger partial charge < -0.3 is 15.4 Å². The second-order valence-corrected chi connectivity index (χ2v) is 3.12. The molecule has 0 aliphatic heterocycles. The zero-order valence-corrected chi connectivity index (χ0v) is 8.21. The summed E-state index contributed by atoms with van der Waals surface area (Å²) in [6, 6.07) is 2.26. The lowest BCUT2D eigenvalue weighted by Crippen LogP contribution is -2.09. The van der Waals surface area contributed by atoms with Crippen LogP contribution >= 0.6 is 0 Å². The van der Waals surface area contributed by atoms with Gasteiger partial charge in [-0.1, -0.05) is 5.16 Å². The van der Waals surface area contributed by atoms with E-state index in [-0.39, 0.29) is 22.5 Å². The highest BCUT2D eigenvalue weighted by Gasteiger charge is 2.20. The molecule has 1 aromatic carbocycles. The standard InChI is InChI=1S/C8H6N4O5/c9-7-3-1-5(12(15)16)4(10-8(13)14)2-6(3)17-11-7/h1-2,10H,(H2,9,11)(H,13,14). The van der Waals surface area contributed by atoms with Crippen molar-refractivity contribution in [2.75, 3.05) is 11.1 Å². The summed E-state index contributed by atoms with van der Waals surface area (Å²) in [5.74, 6) is 0.00461. The van der Waals surface area contributed by atoms with Crippen LogP contribution in [0.25, 0.3) is 11.0 Å². The minimum Gasteiger partial charge on any atom is -0.465 e. The van der Waals surface area contributed by atoms with Gasteiger partial charge in [-0.3, -0.25) is 15.4 Å². The Labute approximate surface area is 92.9 Å². The fourth-order valence-corrected chi connectivity index (χ4v) is 1.36. The second-order valence-electron chi connectivity index (χ2n) is 3.12. The molecule has 0 atom stereocenters. The van der Waals surface area contributed by atoms with Gasteiger partial charge in [0.25, 0.3) is 5.69 Å². The molecule has 0 aliphatic carbocycles. The topological polar surface area (TPSA) is 145 Å². The lowest BCUT2D eigenvalue weighted by molar-refractivity contribution is -0.383. The predicted molar refractivity (Wildman–Crippen MR) is 56.7 cm³/mol. The Morgan fingerprint density at radius 1 is 1.59 bits per heavy atom. The molecule has 88 valence electrons. The summed E-state index contributed by atoms with van der Waals surface area (Å²) < 4.78 is 4.78. The number of nitro groups is 1. The molecule has 0 unspecified atom stereocenters. The number of fused-ring (bicyclic) bond motifs is 1. The third-order valence-corrected chi connectivity index (χ3v) is 2.05. The van der Waals surface area contributed by atoms with E-state index in [2.05, 4.69) is 5.16 Å². The highest BCUT2D eigenvalue weighted by Crippen LogP contribution is 2.32. The Morgan fingerprint density at radius 3 is 2.88 bits per heavy atom. The molecule has 1 aromatic heterocycles. The lowest BCUT2D eigenvalue weighted by Gasteiger charge is -2.01. The normalized spacial score (nSPS) is 10.4. The van der Waals surface area contributed by atoms with E-state index in [1.807, 2.05) is 5.32 Å². The quantitative estimate of drug-likeness (QED) is 0.529. The van der Waals surface area contributed by atoms with Crippen LogP contribution in [0, 0.1) is 10.1 Å². The average molecular weight is 238 g/mol. The number of hydrogen-bond donors (Lipinski definition) is 3. The van der Waals surface area contributed by atoms with Crippen molar-refractivity contribution in [3.63, 3.8) is 0 Å². The first kappa shape index (κ1) is 10.7. The van der Waals surface area contributed by atoms with Gasteiger partial charge in [0.2, 0.25) is 0 Å². The van der Waals surface area contributed by atoms with E-state index in [0.717, 1.165) is 12.1 Å². The monoisotopic (exact) mass is 238 g/mol. The average Bonchev–Trinajstić information content (AvgIpc) is 2.58. The van der Waals surface area contributed by atoms with Crippen LogP contribution in [0.4, 0.5) is 22.0 Å². The van der Waals surface area contributed by atoms with Crippen molar-refractivity contribution < 1.29 is 19.3 Å². The van der Waals surface area contributed by atoms with Gasteiger partial charge in [0.05, 0.1) is 10.3 Å². The van der Waals surface area contributed by atoms with Gasteiger partial charge in [-0.2, -0.15) is 0 Å². The van der Waals surface area contributed by atoms with E-state index in [1.165, 1.54) is 0 Å². The molecule has 17 heavy (non-hydrogen) atoms. The van der Waals surface area contributed by atoms with Gasteiger partial charge in [-0.25, -0.2) is 4.79 Å². The van der Waals surface area contributed by atoms with Crippen molar-refractivity contribution in [1.29, 1.82) is 0 Å². The number of benzene rings is 1. The van der Waals surface area contributed by atoms with E-state index in [1.54, 1.807) is 0 Å². The van der Waals surface area contributed by atoms with Gasteiger partial charge in [0.1, 0.15) is 5.69 Å². The molecular weight excluding hydrogens is 232 g/mol. The third kappa shape index (κ3) is 1.80. The number of anilines is 2.